The summed E-state index contributed by atoms with van der Waals surface area (Å²) < 4.78 is 27.6. The van der Waals surface area contributed by atoms with Gasteiger partial charge in [0, 0.05) is 5.54 Å². The molecule has 0 aliphatic heterocycles. The molecule has 0 unspecified atom stereocenters. The van der Waals surface area contributed by atoms with E-state index in [0.717, 1.165) is 5.56 Å². The fraction of sp³-hybridized carbons (Fsp3) is 0.571. The summed E-state index contributed by atoms with van der Waals surface area (Å²) >= 11 is 0. The van der Waals surface area contributed by atoms with Crippen molar-refractivity contribution in [3.63, 3.8) is 0 Å². The van der Waals surface area contributed by atoms with E-state index in [1.807, 2.05) is 27.7 Å². The van der Waals surface area contributed by atoms with Crippen LogP contribution >= 0.6 is 0 Å². The summed E-state index contributed by atoms with van der Waals surface area (Å²) in [4.78, 5) is 0.267. The van der Waals surface area contributed by atoms with Gasteiger partial charge in [-0.2, -0.15) is 0 Å². The van der Waals surface area contributed by atoms with Crippen LogP contribution in [0.2, 0.25) is 0 Å². The van der Waals surface area contributed by atoms with Crippen molar-refractivity contribution in [2.75, 3.05) is 0 Å². The Morgan fingerprint density at radius 2 is 1.89 bits per heavy atom. The highest BCUT2D eigenvalue weighted by atomic mass is 32.2. The van der Waals surface area contributed by atoms with E-state index in [1.54, 1.807) is 18.2 Å². The van der Waals surface area contributed by atoms with Gasteiger partial charge in [0.05, 0.1) is 11.5 Å². The zero-order chi connectivity index (χ0) is 14.7. The molecule has 0 fully saturated rings. The zero-order valence-corrected chi connectivity index (χ0v) is 12.8. The fourth-order valence-corrected chi connectivity index (χ4v) is 3.58. The van der Waals surface area contributed by atoms with Crippen molar-refractivity contribution in [3.8, 4) is 0 Å². The second-order valence-corrected chi connectivity index (χ2v) is 6.95. The van der Waals surface area contributed by atoms with Crippen molar-refractivity contribution in [2.24, 2.45) is 0 Å². The van der Waals surface area contributed by atoms with E-state index in [-0.39, 0.29) is 11.5 Å². The van der Waals surface area contributed by atoms with Crippen LogP contribution in [0.5, 0.6) is 0 Å². The second kappa shape index (κ2) is 6.03. The van der Waals surface area contributed by atoms with E-state index in [0.29, 0.717) is 18.4 Å². The maximum Gasteiger partial charge on any atom is 0.241 e. The molecule has 4 nitrogen and oxygen atoms in total. The third-order valence-corrected chi connectivity index (χ3v) is 5.06. The van der Waals surface area contributed by atoms with Crippen LogP contribution in [0.25, 0.3) is 0 Å². The minimum Gasteiger partial charge on any atom is -0.392 e. The number of hydrogen-bond donors (Lipinski definition) is 2. The quantitative estimate of drug-likeness (QED) is 0.842. The lowest BCUT2D eigenvalue weighted by Crippen LogP contribution is -2.42. The number of aliphatic hydroxyl groups is 1. The summed E-state index contributed by atoms with van der Waals surface area (Å²) in [7, 11) is -3.57. The Labute approximate surface area is 115 Å². The highest BCUT2D eigenvalue weighted by Gasteiger charge is 2.26. The molecule has 0 aromatic heterocycles. The summed E-state index contributed by atoms with van der Waals surface area (Å²) in [6.45, 7) is 7.40. The number of rotatable bonds is 6. The van der Waals surface area contributed by atoms with Crippen LogP contribution in [0.4, 0.5) is 0 Å². The maximum atomic E-state index is 12.5. The Kier molecular flexibility index (Phi) is 5.12. The molecule has 0 radical (unpaired) electrons. The highest BCUT2D eigenvalue weighted by molar-refractivity contribution is 7.89. The van der Waals surface area contributed by atoms with Crippen molar-refractivity contribution in [1.82, 2.24) is 4.72 Å². The Bertz CT molecular complexity index is 536. The van der Waals surface area contributed by atoms with Gasteiger partial charge in [-0.3, -0.25) is 0 Å². The van der Waals surface area contributed by atoms with E-state index in [1.165, 1.54) is 0 Å². The molecular weight excluding hydrogens is 262 g/mol. The summed E-state index contributed by atoms with van der Waals surface area (Å²) in [5, 5.41) is 9.15. The van der Waals surface area contributed by atoms with E-state index in [9.17, 15) is 8.42 Å². The lowest BCUT2D eigenvalue weighted by atomic mass is 10.0. The predicted molar refractivity (Wildman–Crippen MR) is 76.4 cm³/mol. The fourth-order valence-electron chi connectivity index (χ4n) is 1.73. The number of benzene rings is 1. The average Bonchev–Trinajstić information content (AvgIpc) is 2.36. The van der Waals surface area contributed by atoms with E-state index >= 15 is 0 Å². The van der Waals surface area contributed by atoms with Crippen LogP contribution in [-0.4, -0.2) is 19.1 Å². The third-order valence-electron chi connectivity index (χ3n) is 3.28. The molecule has 1 aromatic rings. The second-order valence-electron chi connectivity index (χ2n) is 5.30. The van der Waals surface area contributed by atoms with Gasteiger partial charge in [-0.05, 0) is 43.9 Å². The number of sulfonamides is 1. The Balaban J connectivity index is 3.27. The van der Waals surface area contributed by atoms with Gasteiger partial charge in [0.15, 0.2) is 0 Å². The molecule has 0 saturated heterocycles. The standard InChI is InChI=1S/C14H23NO3S/c1-5-12-8-7-11(10-16)9-13(12)19(17,18)15-14(3,4)6-2/h7-9,15-16H,5-6,10H2,1-4H3. The lowest BCUT2D eigenvalue weighted by molar-refractivity contribution is 0.281. The number of hydrogen-bond acceptors (Lipinski definition) is 3. The molecule has 0 spiro atoms. The molecule has 1 rings (SSSR count). The van der Waals surface area contributed by atoms with Gasteiger partial charge in [0.2, 0.25) is 10.0 Å². The largest absolute Gasteiger partial charge is 0.392 e. The zero-order valence-electron chi connectivity index (χ0n) is 12.0. The lowest BCUT2D eigenvalue weighted by Gasteiger charge is -2.25. The molecule has 5 heteroatoms. The van der Waals surface area contributed by atoms with E-state index in [4.69, 9.17) is 5.11 Å². The van der Waals surface area contributed by atoms with Crippen molar-refractivity contribution in [3.05, 3.63) is 29.3 Å². The van der Waals surface area contributed by atoms with Crippen LogP contribution in [0, 0.1) is 0 Å². The van der Waals surface area contributed by atoms with E-state index in [2.05, 4.69) is 4.72 Å². The first kappa shape index (κ1) is 16.1. The Hall–Kier alpha value is -0.910. The molecule has 0 aliphatic carbocycles. The molecule has 108 valence electrons. The van der Waals surface area contributed by atoms with Gasteiger partial charge in [-0.1, -0.05) is 26.0 Å². The van der Waals surface area contributed by atoms with Gasteiger partial charge < -0.3 is 5.11 Å². The van der Waals surface area contributed by atoms with Gasteiger partial charge in [0.1, 0.15) is 0 Å². The molecule has 0 bridgehead atoms. The molecule has 0 heterocycles. The molecule has 1 aromatic carbocycles. The summed E-state index contributed by atoms with van der Waals surface area (Å²) in [6, 6.07) is 5.06. The smallest absolute Gasteiger partial charge is 0.241 e. The summed E-state index contributed by atoms with van der Waals surface area (Å²) in [5.41, 5.74) is 0.877. The molecule has 0 aliphatic rings. The molecule has 0 atom stereocenters. The van der Waals surface area contributed by atoms with Crippen LogP contribution in [0.1, 0.15) is 45.2 Å². The summed E-state index contributed by atoms with van der Waals surface area (Å²) in [5.74, 6) is 0. The third kappa shape index (κ3) is 4.03. The minimum atomic E-state index is -3.57. The normalized spacial score (nSPS) is 12.7. The monoisotopic (exact) mass is 285 g/mol. The van der Waals surface area contributed by atoms with Crippen LogP contribution in [0.3, 0.4) is 0 Å². The van der Waals surface area contributed by atoms with E-state index < -0.39 is 15.6 Å². The molecule has 19 heavy (non-hydrogen) atoms. The van der Waals surface area contributed by atoms with Crippen LogP contribution < -0.4 is 4.72 Å². The van der Waals surface area contributed by atoms with Gasteiger partial charge >= 0.3 is 0 Å². The van der Waals surface area contributed by atoms with Crippen LogP contribution in [-0.2, 0) is 23.1 Å². The minimum absolute atomic E-state index is 0.163. The first-order valence-electron chi connectivity index (χ1n) is 6.52. The molecular formula is C14H23NO3S. The highest BCUT2D eigenvalue weighted by Crippen LogP contribution is 2.21. The average molecular weight is 285 g/mol. The molecule has 0 amide bonds. The topological polar surface area (TPSA) is 66.4 Å². The number of aliphatic hydroxyl groups excluding tert-OH is 1. The van der Waals surface area contributed by atoms with Crippen LogP contribution in [0.15, 0.2) is 23.1 Å². The van der Waals surface area contributed by atoms with Crippen molar-refractivity contribution in [2.45, 2.75) is 57.6 Å². The number of nitrogens with one attached hydrogen (secondary N) is 1. The van der Waals surface area contributed by atoms with Gasteiger partial charge in [0.25, 0.3) is 0 Å². The molecule has 2 N–H and O–H groups in total. The Morgan fingerprint density at radius 1 is 1.26 bits per heavy atom. The molecule has 0 saturated carbocycles. The first-order chi connectivity index (χ1) is 8.75. The number of aryl methyl sites for hydroxylation is 1. The SMILES string of the molecule is CCc1ccc(CO)cc1S(=O)(=O)NC(C)(C)CC. The predicted octanol–water partition coefficient (Wildman–Crippen LogP) is 2.21. The first-order valence-corrected chi connectivity index (χ1v) is 8.00. The Morgan fingerprint density at radius 3 is 2.37 bits per heavy atom. The van der Waals surface area contributed by atoms with Crippen molar-refractivity contribution < 1.29 is 13.5 Å². The summed E-state index contributed by atoms with van der Waals surface area (Å²) in [6.07, 6.45) is 1.34. The van der Waals surface area contributed by atoms with Gasteiger partial charge in [-0.15, -0.1) is 0 Å². The van der Waals surface area contributed by atoms with Crippen molar-refractivity contribution >= 4 is 10.0 Å². The van der Waals surface area contributed by atoms with Crippen molar-refractivity contribution in [1.29, 1.82) is 0 Å². The van der Waals surface area contributed by atoms with Gasteiger partial charge in [-0.25, -0.2) is 13.1 Å². The maximum absolute atomic E-state index is 12.5.